The van der Waals surface area contributed by atoms with Gasteiger partial charge in [-0.2, -0.15) is 0 Å². The molecule has 0 bridgehead atoms. The van der Waals surface area contributed by atoms with E-state index < -0.39 is 0 Å². The third-order valence-electron chi connectivity index (χ3n) is 1.64. The van der Waals surface area contributed by atoms with Crippen LogP contribution in [0.5, 0.6) is 0 Å². The highest BCUT2D eigenvalue weighted by molar-refractivity contribution is 9.09. The Morgan fingerprint density at radius 1 is 1.36 bits per heavy atom. The van der Waals surface area contributed by atoms with E-state index in [1.165, 1.54) is 11.1 Å². The minimum atomic E-state index is 0.924. The van der Waals surface area contributed by atoms with E-state index in [0.29, 0.717) is 0 Å². The van der Waals surface area contributed by atoms with Gasteiger partial charge in [0.1, 0.15) is 0 Å². The van der Waals surface area contributed by atoms with Crippen LogP contribution in [-0.4, -0.2) is 5.33 Å². The first-order chi connectivity index (χ1) is 5.38. The minimum Gasteiger partial charge on any atom is -0.0876 e. The van der Waals surface area contributed by atoms with Gasteiger partial charge < -0.3 is 0 Å². The summed E-state index contributed by atoms with van der Waals surface area (Å²) in [7, 11) is 0. The van der Waals surface area contributed by atoms with E-state index in [2.05, 4.69) is 53.2 Å². The number of allylic oxidation sites excluding steroid dienone is 2. The third kappa shape index (κ3) is 2.19. The Bertz CT molecular complexity index is 236. The smallest absolute Gasteiger partial charge is 0.0285 e. The summed E-state index contributed by atoms with van der Waals surface area (Å²) in [6.45, 7) is 2.06. The van der Waals surface area contributed by atoms with Gasteiger partial charge in [-0.25, -0.2) is 0 Å². The van der Waals surface area contributed by atoms with Crippen LogP contribution < -0.4 is 0 Å². The molecule has 0 atom stereocenters. The van der Waals surface area contributed by atoms with E-state index in [1.54, 1.807) is 0 Å². The zero-order valence-corrected chi connectivity index (χ0v) is 8.14. The average molecular weight is 211 g/mol. The molecule has 0 aliphatic heterocycles. The van der Waals surface area contributed by atoms with E-state index in [1.807, 2.05) is 6.07 Å². The number of alkyl halides is 1. The molecule has 0 nitrogen and oxygen atoms in total. The summed E-state index contributed by atoms with van der Waals surface area (Å²) in [6.07, 6.45) is 2.13. The molecule has 0 aliphatic carbocycles. The van der Waals surface area contributed by atoms with Gasteiger partial charge in [0.15, 0.2) is 0 Å². The van der Waals surface area contributed by atoms with Gasteiger partial charge in [-0.05, 0) is 18.1 Å². The molecule has 0 N–H and O–H groups in total. The quantitative estimate of drug-likeness (QED) is 0.657. The molecule has 0 aromatic heterocycles. The van der Waals surface area contributed by atoms with Crippen LogP contribution in [0.25, 0.3) is 5.57 Å². The Hall–Kier alpha value is -0.560. The monoisotopic (exact) mass is 210 g/mol. The molecule has 58 valence electrons. The lowest BCUT2D eigenvalue weighted by Gasteiger charge is -2.00. The lowest BCUT2D eigenvalue weighted by Crippen LogP contribution is -1.82. The Kier molecular flexibility index (Phi) is 3.37. The molecule has 0 radical (unpaired) electrons. The summed E-state index contributed by atoms with van der Waals surface area (Å²) in [5, 5.41) is 0.924. The fourth-order valence-corrected chi connectivity index (χ4v) is 1.62. The summed E-state index contributed by atoms with van der Waals surface area (Å²) < 4.78 is 0. The second-order valence-corrected chi connectivity index (χ2v) is 2.87. The second-order valence-electron chi connectivity index (χ2n) is 2.31. The molecule has 0 aliphatic rings. The summed E-state index contributed by atoms with van der Waals surface area (Å²) in [4.78, 5) is 0. The number of halogens is 1. The molecule has 0 spiro atoms. The second kappa shape index (κ2) is 4.35. The summed E-state index contributed by atoms with van der Waals surface area (Å²) in [5.74, 6) is 0. The summed E-state index contributed by atoms with van der Waals surface area (Å²) >= 11 is 3.44. The van der Waals surface area contributed by atoms with Crippen LogP contribution in [0.1, 0.15) is 12.5 Å². The summed E-state index contributed by atoms with van der Waals surface area (Å²) in [6, 6.07) is 10.4. The molecule has 0 heterocycles. The highest BCUT2D eigenvalue weighted by Gasteiger charge is 1.94. The molecule has 1 rings (SSSR count). The molecular formula is C10H11Br. The van der Waals surface area contributed by atoms with Gasteiger partial charge in [0, 0.05) is 5.33 Å². The largest absolute Gasteiger partial charge is 0.0876 e. The number of hydrogen-bond donors (Lipinski definition) is 0. The first-order valence-corrected chi connectivity index (χ1v) is 4.77. The van der Waals surface area contributed by atoms with Crippen LogP contribution in [0.3, 0.4) is 0 Å². The maximum atomic E-state index is 3.44. The topological polar surface area (TPSA) is 0 Å². The van der Waals surface area contributed by atoms with Gasteiger partial charge in [-0.15, -0.1) is 0 Å². The van der Waals surface area contributed by atoms with E-state index in [0.717, 1.165) is 5.33 Å². The van der Waals surface area contributed by atoms with Crippen molar-refractivity contribution in [2.75, 3.05) is 5.33 Å². The predicted molar refractivity (Wildman–Crippen MR) is 53.9 cm³/mol. The molecule has 0 saturated carbocycles. The van der Waals surface area contributed by atoms with Crippen LogP contribution >= 0.6 is 15.9 Å². The van der Waals surface area contributed by atoms with E-state index in [4.69, 9.17) is 0 Å². The van der Waals surface area contributed by atoms with Gasteiger partial charge in [-0.3, -0.25) is 0 Å². The van der Waals surface area contributed by atoms with Gasteiger partial charge in [0.2, 0.25) is 0 Å². The van der Waals surface area contributed by atoms with Gasteiger partial charge >= 0.3 is 0 Å². The molecule has 0 saturated heterocycles. The maximum absolute atomic E-state index is 3.44. The molecule has 1 aromatic rings. The molecular weight excluding hydrogens is 200 g/mol. The Labute approximate surface area is 76.1 Å². The van der Waals surface area contributed by atoms with Crippen molar-refractivity contribution in [2.45, 2.75) is 6.92 Å². The van der Waals surface area contributed by atoms with Crippen molar-refractivity contribution < 1.29 is 0 Å². The molecule has 11 heavy (non-hydrogen) atoms. The third-order valence-corrected chi connectivity index (χ3v) is 2.24. The van der Waals surface area contributed by atoms with Crippen molar-refractivity contribution in [1.29, 1.82) is 0 Å². The van der Waals surface area contributed by atoms with Gasteiger partial charge in [0.05, 0.1) is 0 Å². The van der Waals surface area contributed by atoms with Crippen LogP contribution in [0.4, 0.5) is 0 Å². The van der Waals surface area contributed by atoms with Gasteiger partial charge in [0.25, 0.3) is 0 Å². The number of benzene rings is 1. The van der Waals surface area contributed by atoms with E-state index in [-0.39, 0.29) is 0 Å². The fraction of sp³-hybridized carbons (Fsp3) is 0.200. The standard InChI is InChI=1S/C10H11Br/c1-2-9(8-11)10-6-4-3-5-7-10/h2-7H,8H2,1H3/b9-2-. The van der Waals surface area contributed by atoms with Crippen molar-refractivity contribution in [3.63, 3.8) is 0 Å². The zero-order valence-electron chi connectivity index (χ0n) is 6.55. The van der Waals surface area contributed by atoms with Crippen LogP contribution in [0.15, 0.2) is 36.4 Å². The highest BCUT2D eigenvalue weighted by Crippen LogP contribution is 2.15. The SMILES string of the molecule is C/C=C(/CBr)c1ccccc1. The molecule has 1 heteroatoms. The normalized spacial score (nSPS) is 11.6. The Balaban J connectivity index is 2.92. The zero-order chi connectivity index (χ0) is 8.10. The van der Waals surface area contributed by atoms with Crippen molar-refractivity contribution >= 4 is 21.5 Å². The minimum absolute atomic E-state index is 0.924. The van der Waals surface area contributed by atoms with Crippen molar-refractivity contribution in [3.05, 3.63) is 42.0 Å². The first kappa shape index (κ1) is 8.54. The number of rotatable bonds is 2. The van der Waals surface area contributed by atoms with Crippen molar-refractivity contribution in [3.8, 4) is 0 Å². The van der Waals surface area contributed by atoms with Crippen LogP contribution in [0, 0.1) is 0 Å². The van der Waals surface area contributed by atoms with Crippen LogP contribution in [-0.2, 0) is 0 Å². The Morgan fingerprint density at radius 3 is 2.45 bits per heavy atom. The fourth-order valence-electron chi connectivity index (χ4n) is 0.973. The van der Waals surface area contributed by atoms with E-state index in [9.17, 15) is 0 Å². The molecule has 0 amide bonds. The van der Waals surface area contributed by atoms with Crippen molar-refractivity contribution in [2.24, 2.45) is 0 Å². The Morgan fingerprint density at radius 2 is 2.00 bits per heavy atom. The average Bonchev–Trinajstić information content (AvgIpc) is 2.09. The van der Waals surface area contributed by atoms with Crippen molar-refractivity contribution in [1.82, 2.24) is 0 Å². The highest BCUT2D eigenvalue weighted by atomic mass is 79.9. The van der Waals surface area contributed by atoms with E-state index >= 15 is 0 Å². The first-order valence-electron chi connectivity index (χ1n) is 3.65. The summed E-state index contributed by atoms with van der Waals surface area (Å²) in [5.41, 5.74) is 2.64. The lowest BCUT2D eigenvalue weighted by atomic mass is 10.1. The van der Waals surface area contributed by atoms with Gasteiger partial charge in [-0.1, -0.05) is 52.3 Å². The molecule has 1 aromatic carbocycles. The molecule has 0 fully saturated rings. The predicted octanol–water partition coefficient (Wildman–Crippen LogP) is 3.48. The molecule has 0 unspecified atom stereocenters. The number of hydrogen-bond acceptors (Lipinski definition) is 0. The maximum Gasteiger partial charge on any atom is 0.0285 e. The van der Waals surface area contributed by atoms with Crippen LogP contribution in [0.2, 0.25) is 0 Å². The lowest BCUT2D eigenvalue weighted by molar-refractivity contribution is 1.56.